The van der Waals surface area contributed by atoms with E-state index in [9.17, 15) is 13.6 Å². The van der Waals surface area contributed by atoms with E-state index in [0.717, 1.165) is 38.0 Å². The normalized spacial score (nSPS) is 33.5. The molecule has 3 bridgehead atoms. The van der Waals surface area contributed by atoms with E-state index >= 15 is 0 Å². The highest BCUT2D eigenvalue weighted by atomic mass is 19.3. The molecule has 1 unspecified atom stereocenters. The van der Waals surface area contributed by atoms with Gasteiger partial charge >= 0.3 is 6.03 Å². The minimum atomic E-state index is -2.95. The Bertz CT molecular complexity index is 473. The fourth-order valence-corrected chi connectivity index (χ4v) is 5.73. The Morgan fingerprint density at radius 2 is 1.92 bits per heavy atom. The van der Waals surface area contributed by atoms with Crippen molar-refractivity contribution in [1.29, 1.82) is 0 Å². The van der Waals surface area contributed by atoms with Gasteiger partial charge in [-0.2, -0.15) is 0 Å². The van der Waals surface area contributed by atoms with Crippen LogP contribution in [0.15, 0.2) is 0 Å². The summed E-state index contributed by atoms with van der Waals surface area (Å²) in [5.41, 5.74) is 0.578. The Morgan fingerprint density at radius 1 is 1.16 bits per heavy atom. The van der Waals surface area contributed by atoms with Gasteiger partial charge in [0, 0.05) is 18.5 Å². The van der Waals surface area contributed by atoms with Gasteiger partial charge in [0.1, 0.15) is 6.61 Å². The molecule has 25 heavy (non-hydrogen) atoms. The van der Waals surface area contributed by atoms with Gasteiger partial charge in [-0.25, -0.2) is 13.6 Å². The number of carbonyl (C=O) groups is 1. The lowest BCUT2D eigenvalue weighted by atomic mass is 9.43. The lowest BCUT2D eigenvalue weighted by Crippen LogP contribution is -2.68. The Kier molecular flexibility index (Phi) is 5.57. The van der Waals surface area contributed by atoms with Crippen LogP contribution in [-0.2, 0) is 0 Å². The van der Waals surface area contributed by atoms with Gasteiger partial charge in [0.15, 0.2) is 0 Å². The van der Waals surface area contributed by atoms with Crippen LogP contribution >= 0.6 is 0 Å². The van der Waals surface area contributed by atoms with Crippen LogP contribution in [-0.4, -0.2) is 35.8 Å². The number of carbonyl (C=O) groups excluding carboxylic acids is 1. The van der Waals surface area contributed by atoms with Gasteiger partial charge in [-0.1, -0.05) is 25.7 Å². The Hall–Kier alpha value is -0.910. The van der Waals surface area contributed by atoms with Crippen LogP contribution in [0.2, 0.25) is 0 Å². The maximum atomic E-state index is 12.9. The van der Waals surface area contributed by atoms with Crippen molar-refractivity contribution < 1.29 is 18.7 Å². The predicted octanol–water partition coefficient (Wildman–Crippen LogP) is 3.98. The highest BCUT2D eigenvalue weighted by Gasteiger charge is 2.61. The molecule has 4 aliphatic carbocycles. The number of aliphatic hydroxyl groups excluding tert-OH is 1. The number of rotatable bonds is 9. The second-order valence-electron chi connectivity index (χ2n) is 8.86. The van der Waals surface area contributed by atoms with Crippen molar-refractivity contribution in [1.82, 2.24) is 10.6 Å². The summed E-state index contributed by atoms with van der Waals surface area (Å²) in [5, 5.41) is 14.7. The summed E-state index contributed by atoms with van der Waals surface area (Å²) in [7, 11) is 0. The first-order valence-electron chi connectivity index (χ1n) is 9.91. The Morgan fingerprint density at radius 3 is 2.64 bits per heavy atom. The Labute approximate surface area is 149 Å². The molecule has 4 aliphatic rings. The lowest BCUT2D eigenvalue weighted by molar-refractivity contribution is -0.103. The van der Waals surface area contributed by atoms with E-state index < -0.39 is 12.5 Å². The molecule has 0 saturated heterocycles. The summed E-state index contributed by atoms with van der Waals surface area (Å²) in [4.78, 5) is 12.2. The van der Waals surface area contributed by atoms with E-state index in [1.165, 1.54) is 25.7 Å². The first kappa shape index (κ1) is 18.9. The molecule has 4 saturated carbocycles. The highest BCUT2D eigenvalue weighted by Crippen LogP contribution is 2.65. The van der Waals surface area contributed by atoms with Crippen LogP contribution in [0.5, 0.6) is 0 Å². The third kappa shape index (κ3) is 4.63. The molecule has 0 heterocycles. The lowest BCUT2D eigenvalue weighted by Gasteiger charge is -2.65. The molecule has 3 N–H and O–H groups in total. The molecule has 144 valence electrons. The molecule has 4 nitrogen and oxygen atoms in total. The molecule has 1 spiro atoms. The van der Waals surface area contributed by atoms with Gasteiger partial charge in [0.05, 0.1) is 0 Å². The smallest absolute Gasteiger partial charge is 0.315 e. The van der Waals surface area contributed by atoms with Crippen LogP contribution in [0.3, 0.4) is 0 Å². The number of halogens is 2. The van der Waals surface area contributed by atoms with E-state index in [1.54, 1.807) is 0 Å². The monoisotopic (exact) mass is 358 g/mol. The summed E-state index contributed by atoms with van der Waals surface area (Å²) in [6, 6.07) is -0.0679. The van der Waals surface area contributed by atoms with Crippen molar-refractivity contribution in [2.75, 3.05) is 13.2 Å². The summed E-state index contributed by atoms with van der Waals surface area (Å²) < 4.78 is 25.7. The van der Waals surface area contributed by atoms with Crippen molar-refractivity contribution in [3.8, 4) is 0 Å². The average Bonchev–Trinajstić information content (AvgIpc) is 2.52. The topological polar surface area (TPSA) is 61.4 Å². The van der Waals surface area contributed by atoms with E-state index in [4.69, 9.17) is 5.11 Å². The van der Waals surface area contributed by atoms with Gasteiger partial charge in [0.2, 0.25) is 0 Å². The molecule has 4 fully saturated rings. The third-order valence-electron chi connectivity index (χ3n) is 6.51. The number of hydrogen-bond donors (Lipinski definition) is 3. The van der Waals surface area contributed by atoms with Crippen molar-refractivity contribution in [2.45, 2.75) is 88.5 Å². The maximum Gasteiger partial charge on any atom is 0.315 e. The van der Waals surface area contributed by atoms with Crippen LogP contribution < -0.4 is 10.6 Å². The number of alkyl halides is 2. The van der Waals surface area contributed by atoms with Crippen molar-refractivity contribution >= 4 is 6.03 Å². The number of unbranched alkanes of at least 4 members (excludes halogenated alkanes) is 3. The van der Waals surface area contributed by atoms with Crippen molar-refractivity contribution in [2.24, 2.45) is 11.3 Å². The van der Waals surface area contributed by atoms with E-state index in [2.05, 4.69) is 10.6 Å². The van der Waals surface area contributed by atoms with Crippen LogP contribution in [0.25, 0.3) is 0 Å². The largest absolute Gasteiger partial charge is 0.390 e. The first-order chi connectivity index (χ1) is 11.9. The van der Waals surface area contributed by atoms with Gasteiger partial charge in [0.25, 0.3) is 5.92 Å². The molecule has 1 atom stereocenters. The van der Waals surface area contributed by atoms with E-state index in [1.807, 2.05) is 0 Å². The summed E-state index contributed by atoms with van der Waals surface area (Å²) in [6.45, 7) is -0.481. The highest BCUT2D eigenvalue weighted by molar-refractivity contribution is 5.75. The van der Waals surface area contributed by atoms with Crippen molar-refractivity contribution in [3.05, 3.63) is 0 Å². The molecule has 0 aromatic heterocycles. The maximum absolute atomic E-state index is 12.9. The average molecular weight is 358 g/mol. The standard InChI is InChI=1S/C19H32F2N2O2/c20-19(21,14-24)8-3-1-2-4-9-22-16(25)23-18-11-15-6-5-7-17(10-15,12-18)13-18/h15,24H,1-14H2,(H2,22,23,25). The van der Waals surface area contributed by atoms with Gasteiger partial charge in [-0.05, 0) is 56.3 Å². The van der Waals surface area contributed by atoms with Gasteiger partial charge in [-0.15, -0.1) is 0 Å². The molecule has 0 aromatic rings. The van der Waals surface area contributed by atoms with Crippen LogP contribution in [0, 0.1) is 11.3 Å². The molecule has 0 aromatic carbocycles. The summed E-state index contributed by atoms with van der Waals surface area (Å²) in [5.74, 6) is -2.15. The predicted molar refractivity (Wildman–Crippen MR) is 92.6 cm³/mol. The first-order valence-corrected chi connectivity index (χ1v) is 9.91. The SMILES string of the molecule is O=C(NCCCCCCC(F)(F)CO)NC12CC3CCCC(C3)(C1)C2. The molecular weight excluding hydrogens is 326 g/mol. The minimum Gasteiger partial charge on any atom is -0.390 e. The fourth-order valence-electron chi connectivity index (χ4n) is 5.73. The quantitative estimate of drug-likeness (QED) is 0.546. The third-order valence-corrected chi connectivity index (χ3v) is 6.51. The van der Waals surface area contributed by atoms with Crippen LogP contribution in [0.4, 0.5) is 13.6 Å². The zero-order valence-electron chi connectivity index (χ0n) is 15.1. The second kappa shape index (κ2) is 7.37. The second-order valence-corrected chi connectivity index (χ2v) is 8.86. The molecular formula is C19H32F2N2O2. The molecule has 4 rings (SSSR count). The van der Waals surface area contributed by atoms with Crippen molar-refractivity contribution in [3.63, 3.8) is 0 Å². The molecule has 6 heteroatoms. The number of urea groups is 1. The number of aliphatic hydroxyl groups is 1. The Balaban J connectivity index is 1.26. The van der Waals surface area contributed by atoms with Crippen LogP contribution in [0.1, 0.15) is 77.0 Å². The van der Waals surface area contributed by atoms with E-state index in [0.29, 0.717) is 24.8 Å². The summed E-state index contributed by atoms with van der Waals surface area (Å²) >= 11 is 0. The number of nitrogens with one attached hydrogen (secondary N) is 2. The molecule has 2 amide bonds. The summed E-state index contributed by atoms with van der Waals surface area (Å²) in [6.07, 6.45) is 11.3. The fraction of sp³-hybridized carbons (Fsp3) is 0.947. The van der Waals surface area contributed by atoms with Gasteiger partial charge < -0.3 is 15.7 Å². The minimum absolute atomic E-state index is 0.0449. The molecule has 0 aliphatic heterocycles. The zero-order chi connectivity index (χ0) is 18.0. The number of amides is 2. The van der Waals surface area contributed by atoms with Gasteiger partial charge in [-0.3, -0.25) is 0 Å². The molecule has 0 radical (unpaired) electrons. The number of hydrogen-bond acceptors (Lipinski definition) is 2. The zero-order valence-corrected chi connectivity index (χ0v) is 15.1. The van der Waals surface area contributed by atoms with E-state index in [-0.39, 0.29) is 18.0 Å².